The van der Waals surface area contributed by atoms with Gasteiger partial charge in [0.1, 0.15) is 0 Å². The van der Waals surface area contributed by atoms with Gasteiger partial charge >= 0.3 is 0 Å². The Labute approximate surface area is 44.2 Å². The molecule has 0 fully saturated rings. The summed E-state index contributed by atoms with van der Waals surface area (Å²) < 4.78 is 4.90. The summed E-state index contributed by atoms with van der Waals surface area (Å²) in [5.41, 5.74) is 0. The van der Waals surface area contributed by atoms with E-state index in [4.69, 9.17) is 4.74 Å². The Hall–Kier alpha value is -0.340. The van der Waals surface area contributed by atoms with Gasteiger partial charge in [-0.05, 0) is 7.05 Å². The molecule has 0 heterocycles. The van der Waals surface area contributed by atoms with Gasteiger partial charge in [0.15, 0.2) is 0 Å². The molecule has 1 N–H and O–H groups in total. The van der Waals surface area contributed by atoms with Gasteiger partial charge in [0, 0.05) is 0 Å². The highest BCUT2D eigenvalue weighted by Gasteiger charge is 1.72. The van der Waals surface area contributed by atoms with Crippen molar-refractivity contribution in [3.8, 4) is 0 Å². The molecule has 0 bridgehead atoms. The van der Waals surface area contributed by atoms with E-state index in [9.17, 15) is 0 Å². The van der Waals surface area contributed by atoms with Crippen LogP contribution in [0.15, 0.2) is 12.7 Å². The fourth-order valence-electron chi connectivity index (χ4n) is 0.244. The molecule has 0 aliphatic heterocycles. The first-order valence-corrected chi connectivity index (χ1v) is 2.25. The Morgan fingerprint density at radius 2 is 2.57 bits per heavy atom. The summed E-state index contributed by atoms with van der Waals surface area (Å²) in [5.74, 6) is 0. The highest BCUT2D eigenvalue weighted by atomic mass is 16.5. The molecule has 0 aromatic heterocycles. The average molecular weight is 101 g/mol. The van der Waals surface area contributed by atoms with Crippen molar-refractivity contribution >= 4 is 0 Å². The topological polar surface area (TPSA) is 21.3 Å². The molecule has 0 atom stereocenters. The normalized spacial score (nSPS) is 8.71. The standard InChI is InChI=1S/C5H11NO/c1-3-4-7-5-6-2/h3,6H,1,4-5H2,2H3. The zero-order valence-corrected chi connectivity index (χ0v) is 4.61. The van der Waals surface area contributed by atoms with E-state index in [0.29, 0.717) is 13.3 Å². The number of rotatable bonds is 4. The minimum absolute atomic E-state index is 0.603. The highest BCUT2D eigenvalue weighted by molar-refractivity contribution is 4.63. The second kappa shape index (κ2) is 5.66. The van der Waals surface area contributed by atoms with E-state index in [2.05, 4.69) is 11.9 Å². The van der Waals surface area contributed by atoms with Crippen LogP contribution in [0.25, 0.3) is 0 Å². The summed E-state index contributed by atoms with van der Waals surface area (Å²) in [4.78, 5) is 0. The Kier molecular flexibility index (Phi) is 5.39. The van der Waals surface area contributed by atoms with E-state index in [0.717, 1.165) is 0 Å². The average Bonchev–Trinajstić information content (AvgIpc) is 1.69. The largest absolute Gasteiger partial charge is 0.362 e. The summed E-state index contributed by atoms with van der Waals surface area (Å²) in [6.45, 7) is 4.71. The molecule has 0 amide bonds. The van der Waals surface area contributed by atoms with Gasteiger partial charge in [0.05, 0.1) is 13.3 Å². The molecule has 0 spiro atoms. The predicted octanol–water partition coefficient (Wildman–Crippen LogP) is 0.366. The van der Waals surface area contributed by atoms with Gasteiger partial charge in [-0.3, -0.25) is 5.32 Å². The fourth-order valence-corrected chi connectivity index (χ4v) is 0.244. The summed E-state index contributed by atoms with van der Waals surface area (Å²) in [7, 11) is 1.84. The van der Waals surface area contributed by atoms with Crippen molar-refractivity contribution in [2.75, 3.05) is 20.4 Å². The third kappa shape index (κ3) is 5.66. The lowest BCUT2D eigenvalue weighted by Gasteiger charge is -1.94. The van der Waals surface area contributed by atoms with Crippen molar-refractivity contribution in [1.29, 1.82) is 0 Å². The maximum atomic E-state index is 4.90. The van der Waals surface area contributed by atoms with E-state index in [1.54, 1.807) is 6.08 Å². The third-order valence-corrected chi connectivity index (χ3v) is 0.482. The molecule has 0 unspecified atom stereocenters. The number of nitrogens with one attached hydrogen (secondary N) is 1. The summed E-state index contributed by atoms with van der Waals surface area (Å²) in [6.07, 6.45) is 1.72. The molecule has 42 valence electrons. The third-order valence-electron chi connectivity index (χ3n) is 0.482. The number of ether oxygens (including phenoxy) is 1. The second-order valence-corrected chi connectivity index (χ2v) is 1.16. The van der Waals surface area contributed by atoms with E-state index in [1.165, 1.54) is 0 Å². The molecule has 0 aliphatic rings. The first-order chi connectivity index (χ1) is 3.41. The van der Waals surface area contributed by atoms with Gasteiger partial charge < -0.3 is 4.74 Å². The molecular formula is C5H11NO. The van der Waals surface area contributed by atoms with E-state index in [-0.39, 0.29) is 0 Å². The van der Waals surface area contributed by atoms with Crippen molar-refractivity contribution in [2.45, 2.75) is 0 Å². The smallest absolute Gasteiger partial charge is 0.0967 e. The Bertz CT molecular complexity index is 45.3. The molecule has 0 radical (unpaired) electrons. The SMILES string of the molecule is C=CCOCNC. The lowest BCUT2D eigenvalue weighted by atomic mass is 10.7. The molecule has 2 nitrogen and oxygen atoms in total. The van der Waals surface area contributed by atoms with Crippen LogP contribution in [0.4, 0.5) is 0 Å². The molecule has 0 aromatic rings. The van der Waals surface area contributed by atoms with Crippen LogP contribution in [0.1, 0.15) is 0 Å². The van der Waals surface area contributed by atoms with Gasteiger partial charge in [-0.15, -0.1) is 6.58 Å². The molecular weight excluding hydrogens is 90.1 g/mol. The number of hydrogen-bond acceptors (Lipinski definition) is 2. The van der Waals surface area contributed by atoms with Crippen molar-refractivity contribution < 1.29 is 4.74 Å². The molecule has 2 heteroatoms. The van der Waals surface area contributed by atoms with Crippen LogP contribution in [-0.4, -0.2) is 20.4 Å². The Balaban J connectivity index is 2.56. The summed E-state index contributed by atoms with van der Waals surface area (Å²) in [5, 5.41) is 2.83. The van der Waals surface area contributed by atoms with E-state index in [1.807, 2.05) is 7.05 Å². The molecule has 7 heavy (non-hydrogen) atoms. The van der Waals surface area contributed by atoms with Crippen molar-refractivity contribution in [2.24, 2.45) is 0 Å². The van der Waals surface area contributed by atoms with E-state index < -0.39 is 0 Å². The van der Waals surface area contributed by atoms with Crippen LogP contribution in [0.5, 0.6) is 0 Å². The Morgan fingerprint density at radius 3 is 3.00 bits per heavy atom. The second-order valence-electron chi connectivity index (χ2n) is 1.16. The minimum Gasteiger partial charge on any atom is -0.362 e. The zero-order valence-electron chi connectivity index (χ0n) is 4.61. The molecule has 0 saturated carbocycles. The minimum atomic E-state index is 0.603. The summed E-state index contributed by atoms with van der Waals surface area (Å²) in [6, 6.07) is 0. The first kappa shape index (κ1) is 6.66. The van der Waals surface area contributed by atoms with Gasteiger partial charge in [0.2, 0.25) is 0 Å². The molecule has 0 rings (SSSR count). The van der Waals surface area contributed by atoms with Crippen LogP contribution in [0.3, 0.4) is 0 Å². The highest BCUT2D eigenvalue weighted by Crippen LogP contribution is 1.67. The van der Waals surface area contributed by atoms with Crippen LogP contribution in [0.2, 0.25) is 0 Å². The molecule has 0 aromatic carbocycles. The van der Waals surface area contributed by atoms with Crippen molar-refractivity contribution in [3.05, 3.63) is 12.7 Å². The molecule has 0 aliphatic carbocycles. The lowest BCUT2D eigenvalue weighted by Crippen LogP contribution is -2.10. The quantitative estimate of drug-likeness (QED) is 0.314. The van der Waals surface area contributed by atoms with E-state index >= 15 is 0 Å². The Morgan fingerprint density at radius 1 is 1.86 bits per heavy atom. The summed E-state index contributed by atoms with van der Waals surface area (Å²) >= 11 is 0. The lowest BCUT2D eigenvalue weighted by molar-refractivity contribution is 0.149. The van der Waals surface area contributed by atoms with Crippen molar-refractivity contribution in [1.82, 2.24) is 5.32 Å². The van der Waals surface area contributed by atoms with Gasteiger partial charge in [-0.25, -0.2) is 0 Å². The maximum Gasteiger partial charge on any atom is 0.0967 e. The van der Waals surface area contributed by atoms with Crippen LogP contribution >= 0.6 is 0 Å². The van der Waals surface area contributed by atoms with Crippen LogP contribution in [-0.2, 0) is 4.74 Å². The molecule has 0 saturated heterocycles. The monoisotopic (exact) mass is 101 g/mol. The van der Waals surface area contributed by atoms with Crippen LogP contribution < -0.4 is 5.32 Å². The van der Waals surface area contributed by atoms with Crippen molar-refractivity contribution in [3.63, 3.8) is 0 Å². The first-order valence-electron chi connectivity index (χ1n) is 2.25. The fraction of sp³-hybridized carbons (Fsp3) is 0.600. The van der Waals surface area contributed by atoms with Gasteiger partial charge in [0.25, 0.3) is 0 Å². The van der Waals surface area contributed by atoms with Crippen LogP contribution in [0, 0.1) is 0 Å². The van der Waals surface area contributed by atoms with Gasteiger partial charge in [-0.1, -0.05) is 6.08 Å². The predicted molar refractivity (Wildman–Crippen MR) is 30.1 cm³/mol. The number of hydrogen-bond donors (Lipinski definition) is 1. The zero-order chi connectivity index (χ0) is 5.54. The maximum absolute atomic E-state index is 4.90. The van der Waals surface area contributed by atoms with Gasteiger partial charge in [-0.2, -0.15) is 0 Å².